The second kappa shape index (κ2) is 13.7. The maximum Gasteiger partial charge on any atom is 0.503 e. The van der Waals surface area contributed by atoms with Crippen LogP contribution in [0, 0.1) is 0 Å². The molecule has 0 aromatic rings. The van der Waals surface area contributed by atoms with E-state index in [1.807, 2.05) is 0 Å². The Morgan fingerprint density at radius 3 is 1.56 bits per heavy atom. The van der Waals surface area contributed by atoms with Crippen LogP contribution in [0.2, 0.25) is 0 Å². The summed E-state index contributed by atoms with van der Waals surface area (Å²) in [6, 6.07) is 0. The number of carboxylic acid groups (broad SMARTS) is 3. The van der Waals surface area contributed by atoms with Gasteiger partial charge in [0.15, 0.2) is 0 Å². The largest absolute Gasteiger partial charge is 0.503 e. The fraction of sp³-hybridized carbons (Fsp3) is 0.818. The third-order valence-corrected chi connectivity index (χ3v) is 1.99. The monoisotopic (exact) mass is 234 g/mol. The summed E-state index contributed by atoms with van der Waals surface area (Å²) in [5.74, 6) is -0.663. The normalized spacial score (nSPS) is 9.06. The van der Waals surface area contributed by atoms with Crippen molar-refractivity contribution < 1.29 is 24.9 Å². The second-order valence-electron chi connectivity index (χ2n) is 3.55. The number of unbranched alkanes of at least 4 members (excludes halogenated alkanes) is 6. The molecule has 5 heteroatoms. The molecule has 0 bridgehead atoms. The Morgan fingerprint density at radius 2 is 1.19 bits per heavy atom. The molecule has 0 rings (SSSR count). The highest BCUT2D eigenvalue weighted by Crippen LogP contribution is 2.07. The molecule has 16 heavy (non-hydrogen) atoms. The Morgan fingerprint density at radius 1 is 0.812 bits per heavy atom. The van der Waals surface area contributed by atoms with E-state index in [-0.39, 0.29) is 0 Å². The first-order valence-corrected chi connectivity index (χ1v) is 5.64. The maximum atomic E-state index is 10.1. The number of carbonyl (C=O) groups is 2. The lowest BCUT2D eigenvalue weighted by Crippen LogP contribution is -1.93. The third-order valence-electron chi connectivity index (χ3n) is 1.99. The molecular formula is C11H22O5. The fourth-order valence-electron chi connectivity index (χ4n) is 1.23. The van der Waals surface area contributed by atoms with Crippen LogP contribution in [0.15, 0.2) is 0 Å². The van der Waals surface area contributed by atoms with E-state index in [9.17, 15) is 4.79 Å². The lowest BCUT2D eigenvalue weighted by atomic mass is 10.1. The second-order valence-corrected chi connectivity index (χ2v) is 3.55. The molecule has 0 saturated carbocycles. The molecule has 0 aromatic heterocycles. The van der Waals surface area contributed by atoms with E-state index >= 15 is 0 Å². The van der Waals surface area contributed by atoms with Gasteiger partial charge in [-0.25, -0.2) is 4.79 Å². The summed E-state index contributed by atoms with van der Waals surface area (Å²) >= 11 is 0. The molecule has 0 amide bonds. The molecule has 0 aliphatic heterocycles. The van der Waals surface area contributed by atoms with Crippen molar-refractivity contribution in [2.75, 3.05) is 0 Å². The molecule has 0 atom stereocenters. The van der Waals surface area contributed by atoms with E-state index < -0.39 is 12.1 Å². The summed E-state index contributed by atoms with van der Waals surface area (Å²) in [6.45, 7) is 2.20. The molecule has 0 spiro atoms. The first-order valence-electron chi connectivity index (χ1n) is 5.64. The van der Waals surface area contributed by atoms with Crippen LogP contribution in [0.4, 0.5) is 4.79 Å². The summed E-state index contributed by atoms with van der Waals surface area (Å²) in [5.41, 5.74) is 0. The summed E-state index contributed by atoms with van der Waals surface area (Å²) < 4.78 is 0. The van der Waals surface area contributed by atoms with Crippen molar-refractivity contribution in [1.29, 1.82) is 0 Å². The standard InChI is InChI=1S/C10H20O2.CH2O3/c1-2-3-4-5-6-7-8-9-10(11)12;2-1(3)4/h2-9H2,1H3,(H,11,12);(H2,2,3,4). The van der Waals surface area contributed by atoms with Crippen LogP contribution in [0.5, 0.6) is 0 Å². The van der Waals surface area contributed by atoms with E-state index in [0.29, 0.717) is 6.42 Å². The number of carboxylic acids is 1. The fourth-order valence-corrected chi connectivity index (χ4v) is 1.23. The van der Waals surface area contributed by atoms with Gasteiger partial charge in [-0.2, -0.15) is 0 Å². The predicted molar refractivity (Wildman–Crippen MR) is 60.9 cm³/mol. The highest BCUT2D eigenvalue weighted by Gasteiger charge is 1.95. The lowest BCUT2D eigenvalue weighted by Gasteiger charge is -1.98. The van der Waals surface area contributed by atoms with Crippen molar-refractivity contribution in [3.05, 3.63) is 0 Å². The first kappa shape index (κ1) is 17.1. The minimum absolute atomic E-state index is 0.341. The van der Waals surface area contributed by atoms with Crippen LogP contribution in [0.25, 0.3) is 0 Å². The van der Waals surface area contributed by atoms with Crippen LogP contribution in [0.3, 0.4) is 0 Å². The van der Waals surface area contributed by atoms with Crippen LogP contribution in [0.1, 0.15) is 58.3 Å². The Labute approximate surface area is 96.1 Å². The zero-order valence-electron chi connectivity index (χ0n) is 9.81. The minimum Gasteiger partial charge on any atom is -0.481 e. The minimum atomic E-state index is -1.83. The van der Waals surface area contributed by atoms with Crippen molar-refractivity contribution in [2.45, 2.75) is 58.3 Å². The van der Waals surface area contributed by atoms with E-state index in [1.54, 1.807) is 0 Å². The molecular weight excluding hydrogens is 212 g/mol. The zero-order chi connectivity index (χ0) is 12.8. The molecule has 0 aliphatic carbocycles. The van der Waals surface area contributed by atoms with Gasteiger partial charge in [0.1, 0.15) is 0 Å². The molecule has 96 valence electrons. The molecule has 0 aromatic carbocycles. The number of aliphatic carboxylic acids is 1. The van der Waals surface area contributed by atoms with Crippen LogP contribution < -0.4 is 0 Å². The molecule has 0 radical (unpaired) electrons. The molecule has 3 N–H and O–H groups in total. The van der Waals surface area contributed by atoms with Gasteiger partial charge in [-0.1, -0.05) is 45.4 Å². The van der Waals surface area contributed by atoms with Crippen molar-refractivity contribution in [1.82, 2.24) is 0 Å². The van der Waals surface area contributed by atoms with Gasteiger partial charge in [0, 0.05) is 6.42 Å². The highest BCUT2D eigenvalue weighted by atomic mass is 16.6. The van der Waals surface area contributed by atoms with Gasteiger partial charge < -0.3 is 15.3 Å². The Kier molecular flexibility index (Phi) is 14.7. The predicted octanol–water partition coefficient (Wildman–Crippen LogP) is 3.43. The van der Waals surface area contributed by atoms with Gasteiger partial charge in [0.25, 0.3) is 0 Å². The van der Waals surface area contributed by atoms with Crippen molar-refractivity contribution in [2.24, 2.45) is 0 Å². The van der Waals surface area contributed by atoms with Crippen molar-refractivity contribution in [3.63, 3.8) is 0 Å². The van der Waals surface area contributed by atoms with Gasteiger partial charge in [-0.05, 0) is 6.42 Å². The van der Waals surface area contributed by atoms with Gasteiger partial charge >= 0.3 is 12.1 Å². The highest BCUT2D eigenvalue weighted by molar-refractivity contribution is 5.66. The average molecular weight is 234 g/mol. The SMILES string of the molecule is CCCCCCCCCC(=O)O.O=C(O)O. The summed E-state index contributed by atoms with van der Waals surface area (Å²) in [6.07, 6.45) is 6.81. The Hall–Kier alpha value is -1.26. The third kappa shape index (κ3) is 29.3. The molecule has 5 nitrogen and oxygen atoms in total. The number of rotatable bonds is 8. The Bertz CT molecular complexity index is 175. The first-order chi connectivity index (χ1) is 7.50. The maximum absolute atomic E-state index is 10.1. The molecule has 0 aliphatic rings. The molecule has 0 saturated heterocycles. The van der Waals surface area contributed by atoms with Crippen LogP contribution >= 0.6 is 0 Å². The van der Waals surface area contributed by atoms with Crippen LogP contribution in [-0.2, 0) is 4.79 Å². The van der Waals surface area contributed by atoms with Gasteiger partial charge in [0.05, 0.1) is 0 Å². The van der Waals surface area contributed by atoms with Crippen LogP contribution in [-0.4, -0.2) is 27.4 Å². The van der Waals surface area contributed by atoms with Gasteiger partial charge in [0.2, 0.25) is 0 Å². The van der Waals surface area contributed by atoms with Gasteiger partial charge in [-0.3, -0.25) is 4.79 Å². The van der Waals surface area contributed by atoms with Crippen molar-refractivity contribution in [3.8, 4) is 0 Å². The Balaban J connectivity index is 0. The molecule has 0 heterocycles. The van der Waals surface area contributed by atoms with E-state index in [1.165, 1.54) is 32.1 Å². The smallest absolute Gasteiger partial charge is 0.481 e. The summed E-state index contributed by atoms with van der Waals surface area (Å²) in [4.78, 5) is 18.7. The van der Waals surface area contributed by atoms with E-state index in [2.05, 4.69) is 6.92 Å². The zero-order valence-corrected chi connectivity index (χ0v) is 9.81. The number of hydrogen-bond donors (Lipinski definition) is 3. The molecule has 0 unspecified atom stereocenters. The molecule has 0 fully saturated rings. The number of hydrogen-bond acceptors (Lipinski definition) is 2. The van der Waals surface area contributed by atoms with Gasteiger partial charge in [-0.15, -0.1) is 0 Å². The summed E-state index contributed by atoms with van der Waals surface area (Å²) in [5, 5.41) is 22.3. The van der Waals surface area contributed by atoms with E-state index in [4.69, 9.17) is 20.1 Å². The van der Waals surface area contributed by atoms with Crippen molar-refractivity contribution >= 4 is 12.1 Å². The summed E-state index contributed by atoms with van der Waals surface area (Å²) in [7, 11) is 0. The topological polar surface area (TPSA) is 94.8 Å². The quantitative estimate of drug-likeness (QED) is 0.559. The van der Waals surface area contributed by atoms with E-state index in [0.717, 1.165) is 12.8 Å². The average Bonchev–Trinajstić information content (AvgIpc) is 2.15. The lowest BCUT2D eigenvalue weighted by molar-refractivity contribution is -0.137.